The predicted octanol–water partition coefficient (Wildman–Crippen LogP) is 5.38. The molecule has 1 saturated heterocycles. The Labute approximate surface area is 198 Å². The molecular weight excluding hydrogens is 470 g/mol. The molecule has 0 radical (unpaired) electrons. The highest BCUT2D eigenvalue weighted by Crippen LogP contribution is 2.35. The summed E-state index contributed by atoms with van der Waals surface area (Å²) in [5, 5.41) is 2.47. The van der Waals surface area contributed by atoms with Gasteiger partial charge in [0, 0.05) is 16.1 Å². The molecule has 1 fully saturated rings. The summed E-state index contributed by atoms with van der Waals surface area (Å²) in [5.41, 5.74) is 0.463. The van der Waals surface area contributed by atoms with Gasteiger partial charge in [-0.3, -0.25) is 14.9 Å². The van der Waals surface area contributed by atoms with Crippen molar-refractivity contribution in [3.05, 3.63) is 99.3 Å². The molecule has 166 valence electrons. The number of halogens is 3. The van der Waals surface area contributed by atoms with Crippen molar-refractivity contribution >= 4 is 52.8 Å². The predicted molar refractivity (Wildman–Crippen MR) is 123 cm³/mol. The summed E-state index contributed by atoms with van der Waals surface area (Å²) in [7, 11) is 0. The number of nitrogens with zero attached hydrogens (tertiary/aromatic N) is 1. The highest BCUT2D eigenvalue weighted by Gasteiger charge is 2.37. The molecule has 0 spiro atoms. The van der Waals surface area contributed by atoms with E-state index in [9.17, 15) is 18.8 Å². The van der Waals surface area contributed by atoms with E-state index < -0.39 is 23.7 Å². The molecule has 0 aliphatic carbocycles. The van der Waals surface area contributed by atoms with Crippen LogP contribution in [0.4, 0.5) is 14.9 Å². The number of nitrogens with one attached hydrogen (secondary N) is 1. The van der Waals surface area contributed by atoms with Crippen molar-refractivity contribution in [2.45, 2.75) is 6.61 Å². The van der Waals surface area contributed by atoms with Crippen LogP contribution in [0.3, 0.4) is 0 Å². The lowest BCUT2D eigenvalue weighted by Gasteiger charge is -2.26. The van der Waals surface area contributed by atoms with Crippen molar-refractivity contribution in [3.63, 3.8) is 0 Å². The zero-order chi connectivity index (χ0) is 23.5. The van der Waals surface area contributed by atoms with E-state index in [1.165, 1.54) is 24.3 Å². The van der Waals surface area contributed by atoms with Crippen molar-refractivity contribution in [3.8, 4) is 5.75 Å². The third-order valence-electron chi connectivity index (χ3n) is 4.78. The molecule has 4 amide bonds. The second-order valence-electron chi connectivity index (χ2n) is 6.98. The lowest BCUT2D eigenvalue weighted by molar-refractivity contribution is -0.122. The molecule has 1 aliphatic heterocycles. The number of anilines is 1. The number of carbonyl (C=O) groups excluding carboxylic acids is 3. The Morgan fingerprint density at radius 2 is 1.67 bits per heavy atom. The second kappa shape index (κ2) is 9.44. The topological polar surface area (TPSA) is 75.7 Å². The number of rotatable bonds is 5. The average Bonchev–Trinajstić information content (AvgIpc) is 2.77. The number of carbonyl (C=O) groups is 3. The lowest BCUT2D eigenvalue weighted by atomic mass is 10.1. The number of ether oxygens (including phenoxy) is 1. The highest BCUT2D eigenvalue weighted by molar-refractivity contribution is 6.40. The van der Waals surface area contributed by atoms with Crippen molar-refractivity contribution in [1.29, 1.82) is 0 Å². The smallest absolute Gasteiger partial charge is 0.335 e. The first-order valence-electron chi connectivity index (χ1n) is 9.67. The van der Waals surface area contributed by atoms with Crippen molar-refractivity contribution in [2.75, 3.05) is 4.90 Å². The Balaban J connectivity index is 1.72. The van der Waals surface area contributed by atoms with Gasteiger partial charge in [0.05, 0.1) is 10.7 Å². The Kier molecular flexibility index (Phi) is 6.44. The quantitative estimate of drug-likeness (QED) is 0.389. The molecule has 0 saturated carbocycles. The minimum absolute atomic E-state index is 0.0978. The fraction of sp³-hybridized carbons (Fsp3) is 0.0417. The molecular formula is C24H15Cl2FN2O4. The number of hydrogen-bond acceptors (Lipinski definition) is 4. The first kappa shape index (κ1) is 22.5. The zero-order valence-corrected chi connectivity index (χ0v) is 18.4. The summed E-state index contributed by atoms with van der Waals surface area (Å²) in [6.45, 7) is -0.154. The molecule has 1 N–H and O–H groups in total. The van der Waals surface area contributed by atoms with Gasteiger partial charge >= 0.3 is 6.03 Å². The van der Waals surface area contributed by atoms with Crippen LogP contribution >= 0.6 is 23.2 Å². The minimum atomic E-state index is -0.881. The maximum Gasteiger partial charge on any atom is 0.335 e. The Morgan fingerprint density at radius 1 is 0.970 bits per heavy atom. The molecule has 33 heavy (non-hydrogen) atoms. The lowest BCUT2D eigenvalue weighted by Crippen LogP contribution is -2.54. The van der Waals surface area contributed by atoms with Gasteiger partial charge in [-0.05, 0) is 36.4 Å². The number of urea groups is 1. The fourth-order valence-electron chi connectivity index (χ4n) is 3.23. The number of benzene rings is 3. The van der Waals surface area contributed by atoms with Gasteiger partial charge < -0.3 is 4.74 Å². The van der Waals surface area contributed by atoms with E-state index in [-0.39, 0.29) is 39.1 Å². The molecule has 1 aliphatic rings. The van der Waals surface area contributed by atoms with Crippen molar-refractivity contribution < 1.29 is 23.5 Å². The molecule has 0 aromatic heterocycles. The summed E-state index contributed by atoms with van der Waals surface area (Å²) >= 11 is 12.4. The molecule has 3 aromatic rings. The van der Waals surface area contributed by atoms with Crippen LogP contribution in [0.5, 0.6) is 5.75 Å². The van der Waals surface area contributed by atoms with Crippen LogP contribution in [0.25, 0.3) is 6.08 Å². The first-order chi connectivity index (χ1) is 15.8. The molecule has 6 nitrogen and oxygen atoms in total. The van der Waals surface area contributed by atoms with Gasteiger partial charge in [-0.15, -0.1) is 0 Å². The van der Waals surface area contributed by atoms with Crippen molar-refractivity contribution in [1.82, 2.24) is 5.32 Å². The van der Waals surface area contributed by atoms with Crippen LogP contribution in [-0.2, 0) is 16.2 Å². The van der Waals surface area contributed by atoms with Gasteiger partial charge in [0.25, 0.3) is 11.8 Å². The largest absolute Gasteiger partial charge is 0.487 e. The maximum atomic E-state index is 14.0. The summed E-state index contributed by atoms with van der Waals surface area (Å²) in [5.74, 6) is -2.07. The maximum absolute atomic E-state index is 14.0. The zero-order valence-electron chi connectivity index (χ0n) is 16.8. The van der Waals surface area contributed by atoms with Gasteiger partial charge in [0.1, 0.15) is 23.7 Å². The van der Waals surface area contributed by atoms with E-state index in [2.05, 4.69) is 5.32 Å². The third kappa shape index (κ3) is 4.74. The number of hydrogen-bond donors (Lipinski definition) is 1. The van der Waals surface area contributed by atoms with Crippen molar-refractivity contribution in [2.24, 2.45) is 0 Å². The first-order valence-corrected chi connectivity index (χ1v) is 10.4. The minimum Gasteiger partial charge on any atom is -0.487 e. The van der Waals surface area contributed by atoms with E-state index in [0.717, 1.165) is 4.90 Å². The fourth-order valence-corrected chi connectivity index (χ4v) is 3.79. The van der Waals surface area contributed by atoms with Gasteiger partial charge in [-0.1, -0.05) is 59.6 Å². The van der Waals surface area contributed by atoms with E-state index in [1.54, 1.807) is 48.5 Å². The Hall–Kier alpha value is -3.68. The van der Waals surface area contributed by atoms with Gasteiger partial charge in [0.15, 0.2) is 0 Å². The monoisotopic (exact) mass is 484 g/mol. The number of imide groups is 2. The Bertz CT molecular complexity index is 1290. The molecule has 4 rings (SSSR count). The van der Waals surface area contributed by atoms with Crippen LogP contribution in [0, 0.1) is 5.82 Å². The Morgan fingerprint density at radius 3 is 2.39 bits per heavy atom. The molecule has 0 atom stereocenters. The number of barbiturate groups is 1. The number of amides is 4. The van der Waals surface area contributed by atoms with Crippen LogP contribution in [0.2, 0.25) is 10.0 Å². The van der Waals surface area contributed by atoms with E-state index in [4.69, 9.17) is 27.9 Å². The molecule has 0 bridgehead atoms. The van der Waals surface area contributed by atoms with Gasteiger partial charge in [0.2, 0.25) is 0 Å². The van der Waals surface area contributed by atoms with E-state index in [1.807, 2.05) is 0 Å². The van der Waals surface area contributed by atoms with Crippen LogP contribution < -0.4 is 15.0 Å². The summed E-state index contributed by atoms with van der Waals surface area (Å²) in [6.07, 6.45) is 1.23. The molecule has 1 heterocycles. The second-order valence-corrected chi connectivity index (χ2v) is 7.82. The highest BCUT2D eigenvalue weighted by atomic mass is 35.5. The van der Waals surface area contributed by atoms with Crippen LogP contribution in [0.15, 0.2) is 72.3 Å². The van der Waals surface area contributed by atoms with Gasteiger partial charge in [-0.25, -0.2) is 14.1 Å². The SMILES string of the molecule is O=C1NC(=O)N(c2ccccc2)C(=O)/C1=C/c1cc(Cl)cc(Cl)c1OCc1ccccc1F. The summed E-state index contributed by atoms with van der Waals surface area (Å²) < 4.78 is 19.7. The third-order valence-corrected chi connectivity index (χ3v) is 5.28. The molecule has 0 unspecified atom stereocenters. The average molecular weight is 485 g/mol. The standard InChI is InChI=1S/C24H15Cl2FN2O4/c25-16-10-15(21(19(26)12-16)33-13-14-6-4-5-9-20(14)27)11-18-22(30)28-24(32)29(23(18)31)17-7-2-1-3-8-17/h1-12H,13H2,(H,28,30,32)/b18-11+. The van der Waals surface area contributed by atoms with Gasteiger partial charge in [-0.2, -0.15) is 0 Å². The molecule has 9 heteroatoms. The van der Waals surface area contributed by atoms with Crippen LogP contribution in [-0.4, -0.2) is 17.8 Å². The van der Waals surface area contributed by atoms with Crippen LogP contribution in [0.1, 0.15) is 11.1 Å². The number of para-hydroxylation sites is 1. The summed E-state index contributed by atoms with van der Waals surface area (Å²) in [6, 6.07) is 16.2. The molecule has 3 aromatic carbocycles. The summed E-state index contributed by atoms with van der Waals surface area (Å²) in [4.78, 5) is 38.7. The van der Waals surface area contributed by atoms with E-state index >= 15 is 0 Å². The van der Waals surface area contributed by atoms with E-state index in [0.29, 0.717) is 5.69 Å². The normalized spacial score (nSPS) is 15.1.